The smallest absolute Gasteiger partial charge is 0.320 e. The number of hydrogen-bond donors (Lipinski definition) is 1. The molecule has 6 heteroatoms. The van der Waals surface area contributed by atoms with Crippen molar-refractivity contribution in [2.45, 2.75) is 38.3 Å². The summed E-state index contributed by atoms with van der Waals surface area (Å²) in [6.07, 6.45) is 2.01. The van der Waals surface area contributed by atoms with Gasteiger partial charge in [0.25, 0.3) is 0 Å². The van der Waals surface area contributed by atoms with Crippen LogP contribution in [0.1, 0.15) is 26.2 Å². The Labute approximate surface area is 106 Å². The van der Waals surface area contributed by atoms with E-state index in [1.165, 1.54) is 0 Å². The molecule has 2 amide bonds. The van der Waals surface area contributed by atoms with E-state index in [0.717, 1.165) is 19.4 Å². The van der Waals surface area contributed by atoms with Crippen molar-refractivity contribution in [1.29, 1.82) is 0 Å². The second kappa shape index (κ2) is 5.56. The Balaban J connectivity index is 2.03. The second-order valence-electron chi connectivity index (χ2n) is 4.99. The van der Waals surface area contributed by atoms with Gasteiger partial charge in [0.2, 0.25) is 0 Å². The van der Waals surface area contributed by atoms with E-state index in [1.54, 1.807) is 4.90 Å². The van der Waals surface area contributed by atoms with Gasteiger partial charge in [0.1, 0.15) is 0 Å². The fourth-order valence-electron chi connectivity index (χ4n) is 2.66. The first-order valence-corrected chi connectivity index (χ1v) is 6.46. The van der Waals surface area contributed by atoms with Gasteiger partial charge < -0.3 is 19.6 Å². The Bertz CT molecular complexity index is 334. The van der Waals surface area contributed by atoms with Gasteiger partial charge in [0.05, 0.1) is 25.7 Å². The van der Waals surface area contributed by atoms with Crippen LogP contribution in [0.4, 0.5) is 4.79 Å². The molecule has 2 heterocycles. The van der Waals surface area contributed by atoms with Gasteiger partial charge in [-0.05, 0) is 19.8 Å². The molecule has 0 aliphatic carbocycles. The second-order valence-corrected chi connectivity index (χ2v) is 4.99. The number of carboxylic acids is 1. The largest absolute Gasteiger partial charge is 0.481 e. The molecule has 0 radical (unpaired) electrons. The number of urea groups is 1. The molecule has 0 aromatic rings. The third kappa shape index (κ3) is 2.75. The van der Waals surface area contributed by atoms with Crippen LogP contribution in [0.15, 0.2) is 0 Å². The molecular weight excluding hydrogens is 236 g/mol. The van der Waals surface area contributed by atoms with Crippen molar-refractivity contribution in [3.63, 3.8) is 0 Å². The number of carboxylic acid groups (broad SMARTS) is 1. The van der Waals surface area contributed by atoms with E-state index in [0.29, 0.717) is 19.8 Å². The molecule has 0 aromatic heterocycles. The number of nitrogens with zero attached hydrogens (tertiary/aromatic N) is 2. The first kappa shape index (κ1) is 13.1. The van der Waals surface area contributed by atoms with Gasteiger partial charge >= 0.3 is 12.0 Å². The molecule has 0 bridgehead atoms. The molecule has 2 rings (SSSR count). The number of ether oxygens (including phenoxy) is 1. The molecule has 0 aromatic carbocycles. The minimum atomic E-state index is -0.891. The Morgan fingerprint density at radius 1 is 1.33 bits per heavy atom. The summed E-state index contributed by atoms with van der Waals surface area (Å²) in [5.74, 6) is -0.891. The van der Waals surface area contributed by atoms with Crippen LogP contribution in [0, 0.1) is 0 Å². The molecule has 0 saturated carbocycles. The highest BCUT2D eigenvalue weighted by molar-refractivity contribution is 5.77. The standard InChI is InChI=1S/C12H20N2O4/c1-9-3-2-4-13(9)12(17)14-5-6-18-8-10(14)7-11(15)16/h9-10H,2-8H2,1H3,(H,15,16). The van der Waals surface area contributed by atoms with Crippen molar-refractivity contribution in [1.82, 2.24) is 9.80 Å². The average Bonchev–Trinajstić information content (AvgIpc) is 2.74. The topological polar surface area (TPSA) is 70.1 Å². The van der Waals surface area contributed by atoms with Crippen LogP contribution in [-0.4, -0.2) is 65.3 Å². The molecule has 102 valence electrons. The van der Waals surface area contributed by atoms with Crippen molar-refractivity contribution in [3.05, 3.63) is 0 Å². The molecule has 18 heavy (non-hydrogen) atoms. The maximum Gasteiger partial charge on any atom is 0.320 e. The fraction of sp³-hybridized carbons (Fsp3) is 0.833. The van der Waals surface area contributed by atoms with Gasteiger partial charge in [-0.3, -0.25) is 4.79 Å². The lowest BCUT2D eigenvalue weighted by atomic mass is 10.1. The quantitative estimate of drug-likeness (QED) is 0.792. The zero-order valence-electron chi connectivity index (χ0n) is 10.7. The van der Waals surface area contributed by atoms with Gasteiger partial charge in [0.15, 0.2) is 0 Å². The third-order valence-corrected chi connectivity index (χ3v) is 3.68. The number of carbonyl (C=O) groups is 2. The minimum absolute atomic E-state index is 0.0328. The summed E-state index contributed by atoms with van der Waals surface area (Å²) in [5.41, 5.74) is 0. The number of hydrogen-bond acceptors (Lipinski definition) is 3. The van der Waals surface area contributed by atoms with Crippen molar-refractivity contribution in [2.75, 3.05) is 26.3 Å². The van der Waals surface area contributed by atoms with Gasteiger partial charge in [-0.1, -0.05) is 0 Å². The lowest BCUT2D eigenvalue weighted by Crippen LogP contribution is -2.54. The number of likely N-dealkylation sites (tertiary alicyclic amines) is 1. The summed E-state index contributed by atoms with van der Waals surface area (Å²) in [6, 6.07) is -0.114. The monoisotopic (exact) mass is 256 g/mol. The minimum Gasteiger partial charge on any atom is -0.481 e. The average molecular weight is 256 g/mol. The van der Waals surface area contributed by atoms with E-state index >= 15 is 0 Å². The van der Waals surface area contributed by atoms with E-state index in [-0.39, 0.29) is 24.5 Å². The molecule has 2 aliphatic heterocycles. The number of amides is 2. The van der Waals surface area contributed by atoms with Crippen LogP contribution in [0.5, 0.6) is 0 Å². The molecule has 2 saturated heterocycles. The molecular formula is C12H20N2O4. The lowest BCUT2D eigenvalue weighted by Gasteiger charge is -2.38. The summed E-state index contributed by atoms with van der Waals surface area (Å²) >= 11 is 0. The number of aliphatic carboxylic acids is 1. The van der Waals surface area contributed by atoms with Crippen molar-refractivity contribution in [2.24, 2.45) is 0 Å². The zero-order valence-corrected chi connectivity index (χ0v) is 10.7. The molecule has 6 nitrogen and oxygen atoms in total. The first-order chi connectivity index (χ1) is 8.59. The SMILES string of the molecule is CC1CCCN1C(=O)N1CCOCC1CC(=O)O. The summed E-state index contributed by atoms with van der Waals surface area (Å²) in [5, 5.41) is 8.88. The van der Waals surface area contributed by atoms with Crippen LogP contribution in [0.3, 0.4) is 0 Å². The zero-order chi connectivity index (χ0) is 13.1. The highest BCUT2D eigenvalue weighted by Gasteiger charge is 2.35. The third-order valence-electron chi connectivity index (χ3n) is 3.68. The molecule has 2 unspecified atom stereocenters. The lowest BCUT2D eigenvalue weighted by molar-refractivity contribution is -0.139. The number of carbonyl (C=O) groups excluding carboxylic acids is 1. The van der Waals surface area contributed by atoms with Crippen molar-refractivity contribution < 1.29 is 19.4 Å². The highest BCUT2D eigenvalue weighted by Crippen LogP contribution is 2.21. The summed E-state index contributed by atoms with van der Waals surface area (Å²) < 4.78 is 5.28. The van der Waals surface area contributed by atoms with E-state index in [1.807, 2.05) is 11.8 Å². The molecule has 1 N–H and O–H groups in total. The van der Waals surface area contributed by atoms with Gasteiger partial charge in [-0.25, -0.2) is 4.79 Å². The van der Waals surface area contributed by atoms with Gasteiger partial charge in [0, 0.05) is 19.1 Å². The molecule has 2 atom stereocenters. The summed E-state index contributed by atoms with van der Waals surface area (Å²) in [4.78, 5) is 26.7. The number of morpholine rings is 1. The van der Waals surface area contributed by atoms with E-state index in [2.05, 4.69) is 0 Å². The predicted octanol–water partition coefficient (Wildman–Crippen LogP) is 0.766. The molecule has 0 spiro atoms. The Morgan fingerprint density at radius 3 is 2.72 bits per heavy atom. The van der Waals surface area contributed by atoms with E-state index < -0.39 is 5.97 Å². The van der Waals surface area contributed by atoms with E-state index in [4.69, 9.17) is 9.84 Å². The maximum absolute atomic E-state index is 12.4. The van der Waals surface area contributed by atoms with Crippen LogP contribution in [0.2, 0.25) is 0 Å². The van der Waals surface area contributed by atoms with Crippen molar-refractivity contribution in [3.8, 4) is 0 Å². The first-order valence-electron chi connectivity index (χ1n) is 6.46. The Morgan fingerprint density at radius 2 is 2.11 bits per heavy atom. The summed E-state index contributed by atoms with van der Waals surface area (Å²) in [7, 11) is 0. The maximum atomic E-state index is 12.4. The van der Waals surface area contributed by atoms with Crippen LogP contribution in [0.25, 0.3) is 0 Å². The summed E-state index contributed by atoms with van der Waals surface area (Å²) in [6.45, 7) is 4.11. The molecule has 2 fully saturated rings. The van der Waals surface area contributed by atoms with Gasteiger partial charge in [-0.15, -0.1) is 0 Å². The predicted molar refractivity (Wildman–Crippen MR) is 64.4 cm³/mol. The Hall–Kier alpha value is -1.30. The van der Waals surface area contributed by atoms with Gasteiger partial charge in [-0.2, -0.15) is 0 Å². The Kier molecular flexibility index (Phi) is 4.06. The molecule has 2 aliphatic rings. The van der Waals surface area contributed by atoms with Crippen LogP contribution >= 0.6 is 0 Å². The number of rotatable bonds is 2. The normalized spacial score (nSPS) is 28.5. The van der Waals surface area contributed by atoms with E-state index in [9.17, 15) is 9.59 Å². The highest BCUT2D eigenvalue weighted by atomic mass is 16.5. The van der Waals surface area contributed by atoms with Crippen molar-refractivity contribution >= 4 is 12.0 Å². The van der Waals surface area contributed by atoms with Crippen LogP contribution < -0.4 is 0 Å². The fourth-order valence-corrected chi connectivity index (χ4v) is 2.66. The van der Waals surface area contributed by atoms with Crippen LogP contribution in [-0.2, 0) is 9.53 Å².